The molecule has 0 radical (unpaired) electrons. The monoisotopic (exact) mass is 488 g/mol. The minimum Gasteiger partial charge on any atom is -0.339 e. The van der Waals surface area contributed by atoms with Crippen molar-refractivity contribution in [3.63, 3.8) is 0 Å². The molecular formula is C23H25FN4O3S2. The van der Waals surface area contributed by atoms with Crippen molar-refractivity contribution in [2.24, 2.45) is 0 Å². The van der Waals surface area contributed by atoms with Crippen LogP contribution < -0.4 is 0 Å². The molecule has 1 aliphatic rings. The van der Waals surface area contributed by atoms with E-state index >= 15 is 0 Å². The quantitative estimate of drug-likeness (QED) is 0.498. The molecule has 10 heteroatoms. The van der Waals surface area contributed by atoms with Crippen LogP contribution in [0, 0.1) is 19.7 Å². The van der Waals surface area contributed by atoms with E-state index in [1.54, 1.807) is 11.1 Å². The fourth-order valence-corrected chi connectivity index (χ4v) is 6.20. The lowest BCUT2D eigenvalue weighted by molar-refractivity contribution is -0.129. The summed E-state index contributed by atoms with van der Waals surface area (Å²) in [5, 5.41) is 0.719. The SMILES string of the molecule is Cc1ccc(-n2ccnc2SCC(=O)N2CCN(S(=O)(=O)c3ccccc3F)CC2)c(C)c1. The number of imidazole rings is 1. The first-order chi connectivity index (χ1) is 15.8. The molecule has 1 aliphatic heterocycles. The average molecular weight is 489 g/mol. The molecule has 174 valence electrons. The number of nitrogens with zero attached hydrogens (tertiary/aromatic N) is 4. The third-order valence-electron chi connectivity index (χ3n) is 5.59. The summed E-state index contributed by atoms with van der Waals surface area (Å²) in [4.78, 5) is 18.5. The van der Waals surface area contributed by atoms with Crippen molar-refractivity contribution in [1.29, 1.82) is 0 Å². The van der Waals surface area contributed by atoms with Crippen LogP contribution in [-0.4, -0.2) is 65.0 Å². The molecule has 3 aromatic rings. The third kappa shape index (κ3) is 4.97. The zero-order chi connectivity index (χ0) is 23.6. The summed E-state index contributed by atoms with van der Waals surface area (Å²) < 4.78 is 42.7. The molecule has 0 spiro atoms. The predicted octanol–water partition coefficient (Wildman–Crippen LogP) is 3.25. The second-order valence-corrected chi connectivity index (χ2v) is 10.7. The molecule has 0 saturated carbocycles. The Morgan fingerprint density at radius 3 is 2.52 bits per heavy atom. The molecule has 4 rings (SSSR count). The number of amides is 1. The van der Waals surface area contributed by atoms with Crippen LogP contribution in [-0.2, 0) is 14.8 Å². The third-order valence-corrected chi connectivity index (χ3v) is 8.47. The number of halogens is 1. The van der Waals surface area contributed by atoms with E-state index in [0.29, 0.717) is 0 Å². The summed E-state index contributed by atoms with van der Waals surface area (Å²) in [6, 6.07) is 11.5. The van der Waals surface area contributed by atoms with Crippen molar-refractivity contribution in [2.45, 2.75) is 23.9 Å². The van der Waals surface area contributed by atoms with Crippen LogP contribution in [0.1, 0.15) is 11.1 Å². The number of aromatic nitrogens is 2. The highest BCUT2D eigenvalue weighted by Gasteiger charge is 2.31. The lowest BCUT2D eigenvalue weighted by Gasteiger charge is -2.34. The van der Waals surface area contributed by atoms with Crippen molar-refractivity contribution in [2.75, 3.05) is 31.9 Å². The maximum atomic E-state index is 14.0. The number of aryl methyl sites for hydroxylation is 2. The number of benzene rings is 2. The first-order valence-corrected chi connectivity index (χ1v) is 13.0. The van der Waals surface area contributed by atoms with E-state index < -0.39 is 15.8 Å². The molecule has 7 nitrogen and oxygen atoms in total. The van der Waals surface area contributed by atoms with Crippen molar-refractivity contribution in [1.82, 2.24) is 18.8 Å². The number of rotatable bonds is 6. The Morgan fingerprint density at radius 2 is 1.82 bits per heavy atom. The molecule has 2 aromatic carbocycles. The van der Waals surface area contributed by atoms with E-state index in [1.807, 2.05) is 36.7 Å². The van der Waals surface area contributed by atoms with Gasteiger partial charge in [-0.15, -0.1) is 0 Å². The molecular weight excluding hydrogens is 463 g/mol. The summed E-state index contributed by atoms with van der Waals surface area (Å²) in [5.74, 6) is -0.660. The zero-order valence-electron chi connectivity index (χ0n) is 18.4. The zero-order valence-corrected chi connectivity index (χ0v) is 20.1. The molecule has 1 saturated heterocycles. The van der Waals surface area contributed by atoms with E-state index in [-0.39, 0.29) is 42.7 Å². The maximum absolute atomic E-state index is 14.0. The summed E-state index contributed by atoms with van der Waals surface area (Å²) in [5.41, 5.74) is 3.31. The number of hydrogen-bond donors (Lipinski definition) is 0. The molecule has 0 unspecified atom stereocenters. The van der Waals surface area contributed by atoms with Gasteiger partial charge < -0.3 is 4.90 Å². The highest BCUT2D eigenvalue weighted by atomic mass is 32.2. The van der Waals surface area contributed by atoms with Gasteiger partial charge in [-0.2, -0.15) is 4.31 Å². The maximum Gasteiger partial charge on any atom is 0.246 e. The summed E-state index contributed by atoms with van der Waals surface area (Å²) >= 11 is 1.35. The standard InChI is InChI=1S/C23H25FN4O3S2/c1-17-7-8-20(18(2)15-17)28-10-9-25-23(28)32-16-22(29)26-11-13-27(14-12-26)33(30,31)21-6-4-3-5-19(21)24/h3-10,15H,11-14,16H2,1-2H3. The lowest BCUT2D eigenvalue weighted by Crippen LogP contribution is -2.51. The number of hydrogen-bond acceptors (Lipinski definition) is 5. The van der Waals surface area contributed by atoms with Gasteiger partial charge in [0.2, 0.25) is 15.9 Å². The first kappa shape index (κ1) is 23.5. The van der Waals surface area contributed by atoms with Crippen molar-refractivity contribution in [3.8, 4) is 5.69 Å². The van der Waals surface area contributed by atoms with Gasteiger partial charge in [-0.05, 0) is 37.6 Å². The second kappa shape index (κ2) is 9.66. The highest BCUT2D eigenvalue weighted by Crippen LogP contribution is 2.25. The number of carbonyl (C=O) groups excluding carboxylic acids is 1. The second-order valence-electron chi connectivity index (χ2n) is 7.87. The van der Waals surface area contributed by atoms with Gasteiger partial charge in [0.1, 0.15) is 10.7 Å². The summed E-state index contributed by atoms with van der Waals surface area (Å²) in [6.07, 6.45) is 3.58. The van der Waals surface area contributed by atoms with Gasteiger partial charge in [0.05, 0.1) is 11.4 Å². The highest BCUT2D eigenvalue weighted by molar-refractivity contribution is 7.99. The normalized spacial score (nSPS) is 15.1. The van der Waals surface area contributed by atoms with Crippen molar-refractivity contribution in [3.05, 3.63) is 71.8 Å². The van der Waals surface area contributed by atoms with Crippen LogP contribution in [0.25, 0.3) is 5.69 Å². The Morgan fingerprint density at radius 1 is 1.09 bits per heavy atom. The van der Waals surface area contributed by atoms with Crippen LogP contribution in [0.4, 0.5) is 4.39 Å². The number of sulfonamides is 1. The fourth-order valence-electron chi connectivity index (χ4n) is 3.84. The van der Waals surface area contributed by atoms with Crippen LogP contribution in [0.3, 0.4) is 0 Å². The summed E-state index contributed by atoms with van der Waals surface area (Å²) in [7, 11) is -3.93. The molecule has 0 aliphatic carbocycles. The summed E-state index contributed by atoms with van der Waals surface area (Å²) in [6.45, 7) is 4.86. The van der Waals surface area contributed by atoms with Crippen molar-refractivity contribution >= 4 is 27.7 Å². The van der Waals surface area contributed by atoms with Gasteiger partial charge >= 0.3 is 0 Å². The van der Waals surface area contributed by atoms with E-state index in [2.05, 4.69) is 11.1 Å². The average Bonchev–Trinajstić information content (AvgIpc) is 3.26. The molecule has 0 atom stereocenters. The van der Waals surface area contributed by atoms with Gasteiger partial charge in [-0.25, -0.2) is 17.8 Å². The van der Waals surface area contributed by atoms with Crippen molar-refractivity contribution < 1.29 is 17.6 Å². The minimum atomic E-state index is -3.93. The number of piperazine rings is 1. The van der Waals surface area contributed by atoms with E-state index in [9.17, 15) is 17.6 Å². The smallest absolute Gasteiger partial charge is 0.246 e. The number of carbonyl (C=O) groups is 1. The van der Waals surface area contributed by atoms with Gasteiger partial charge in [0.25, 0.3) is 0 Å². The predicted molar refractivity (Wildman–Crippen MR) is 126 cm³/mol. The molecule has 33 heavy (non-hydrogen) atoms. The van der Waals surface area contributed by atoms with Crippen LogP contribution in [0.15, 0.2) is 64.9 Å². The van der Waals surface area contributed by atoms with E-state index in [0.717, 1.165) is 22.5 Å². The molecule has 0 N–H and O–H groups in total. The molecule has 1 fully saturated rings. The van der Waals surface area contributed by atoms with Gasteiger partial charge in [-0.1, -0.05) is 41.6 Å². The minimum absolute atomic E-state index is 0.0851. The number of thioether (sulfide) groups is 1. The molecule has 2 heterocycles. The van der Waals surface area contributed by atoms with Gasteiger partial charge in [0, 0.05) is 38.6 Å². The molecule has 0 bridgehead atoms. The van der Waals surface area contributed by atoms with Gasteiger partial charge in [0.15, 0.2) is 5.16 Å². The van der Waals surface area contributed by atoms with Crippen LogP contribution in [0.5, 0.6) is 0 Å². The largest absolute Gasteiger partial charge is 0.339 e. The Kier molecular flexibility index (Phi) is 6.87. The van der Waals surface area contributed by atoms with Crippen LogP contribution >= 0.6 is 11.8 Å². The van der Waals surface area contributed by atoms with Crippen LogP contribution in [0.2, 0.25) is 0 Å². The fraction of sp³-hybridized carbons (Fsp3) is 0.304. The topological polar surface area (TPSA) is 75.5 Å². The van der Waals surface area contributed by atoms with E-state index in [4.69, 9.17) is 0 Å². The molecule has 1 aromatic heterocycles. The lowest BCUT2D eigenvalue weighted by atomic mass is 10.1. The molecule has 1 amide bonds. The first-order valence-electron chi connectivity index (χ1n) is 10.5. The Balaban J connectivity index is 1.36. The van der Waals surface area contributed by atoms with Gasteiger partial charge in [-0.3, -0.25) is 9.36 Å². The Labute approximate surface area is 197 Å². The Bertz CT molecular complexity index is 1270. The van der Waals surface area contributed by atoms with E-state index in [1.165, 1.54) is 39.8 Å². The Hall–Kier alpha value is -2.69.